The molecule has 0 saturated heterocycles. The van der Waals surface area contributed by atoms with Crippen molar-refractivity contribution in [3.05, 3.63) is 66.4 Å². The van der Waals surface area contributed by atoms with Crippen molar-refractivity contribution in [2.75, 3.05) is 7.11 Å². The van der Waals surface area contributed by atoms with Gasteiger partial charge in [0.15, 0.2) is 11.6 Å². The highest BCUT2D eigenvalue weighted by atomic mass is 19.3. The summed E-state index contributed by atoms with van der Waals surface area (Å²) < 4.78 is 35.8. The topological polar surface area (TPSA) is 57.8 Å². The van der Waals surface area contributed by atoms with E-state index in [1.165, 1.54) is 6.07 Å². The Bertz CT molecular complexity index is 1140. The Morgan fingerprint density at radius 1 is 1.07 bits per heavy atom. The Labute approximate surface area is 166 Å². The zero-order valence-corrected chi connectivity index (χ0v) is 16.0. The van der Waals surface area contributed by atoms with Crippen molar-refractivity contribution in [3.63, 3.8) is 0 Å². The third kappa shape index (κ3) is 3.49. The molecular formula is C21H19F2N5O. The van der Waals surface area contributed by atoms with Gasteiger partial charge in [0.05, 0.1) is 12.8 Å². The van der Waals surface area contributed by atoms with Crippen LogP contribution in [0.5, 0.6) is 5.75 Å². The van der Waals surface area contributed by atoms with Crippen molar-refractivity contribution in [2.24, 2.45) is 0 Å². The van der Waals surface area contributed by atoms with Gasteiger partial charge in [-0.2, -0.15) is 5.10 Å². The molecule has 0 atom stereocenters. The first-order valence-electron chi connectivity index (χ1n) is 9.13. The van der Waals surface area contributed by atoms with Crippen molar-refractivity contribution >= 4 is 0 Å². The second kappa shape index (κ2) is 7.83. The van der Waals surface area contributed by atoms with Crippen molar-refractivity contribution in [2.45, 2.75) is 19.9 Å². The fourth-order valence-corrected chi connectivity index (χ4v) is 3.18. The molecule has 0 fully saturated rings. The molecule has 2 aromatic carbocycles. The van der Waals surface area contributed by atoms with Gasteiger partial charge in [0.2, 0.25) is 0 Å². The van der Waals surface area contributed by atoms with Gasteiger partial charge in [-0.05, 0) is 25.1 Å². The van der Waals surface area contributed by atoms with E-state index in [0.29, 0.717) is 29.4 Å². The first-order chi connectivity index (χ1) is 14.1. The summed E-state index contributed by atoms with van der Waals surface area (Å²) >= 11 is 0. The molecule has 29 heavy (non-hydrogen) atoms. The first-order valence-corrected chi connectivity index (χ1v) is 9.13. The minimum atomic E-state index is -2.63. The summed E-state index contributed by atoms with van der Waals surface area (Å²) in [5.41, 5.74) is 1.64. The maximum absolute atomic E-state index is 13.5. The van der Waals surface area contributed by atoms with Crippen LogP contribution in [0.3, 0.4) is 0 Å². The van der Waals surface area contributed by atoms with Crippen LogP contribution in [0.1, 0.15) is 18.9 Å². The summed E-state index contributed by atoms with van der Waals surface area (Å²) in [6.45, 7) is 2.60. The highest BCUT2D eigenvalue weighted by molar-refractivity contribution is 5.65. The first kappa shape index (κ1) is 18.8. The van der Waals surface area contributed by atoms with E-state index in [4.69, 9.17) is 4.74 Å². The lowest BCUT2D eigenvalue weighted by Gasteiger charge is -2.08. The molecule has 0 aliphatic carbocycles. The zero-order chi connectivity index (χ0) is 20.4. The highest BCUT2D eigenvalue weighted by Crippen LogP contribution is 2.32. The van der Waals surface area contributed by atoms with Crippen LogP contribution < -0.4 is 4.74 Å². The average Bonchev–Trinajstić information content (AvgIpc) is 3.40. The SMILES string of the molecule is CCn1nccc1-c1nc(-c2ccccc2C(F)F)nn1-c1cccc(OC)c1. The van der Waals surface area contributed by atoms with Gasteiger partial charge in [-0.15, -0.1) is 5.10 Å². The Morgan fingerprint density at radius 3 is 2.66 bits per heavy atom. The van der Waals surface area contributed by atoms with Gasteiger partial charge >= 0.3 is 0 Å². The van der Waals surface area contributed by atoms with E-state index in [1.54, 1.807) is 40.9 Å². The summed E-state index contributed by atoms with van der Waals surface area (Å²) in [7, 11) is 1.58. The maximum atomic E-state index is 13.5. The summed E-state index contributed by atoms with van der Waals surface area (Å²) in [4.78, 5) is 4.62. The second-order valence-electron chi connectivity index (χ2n) is 6.29. The number of aromatic nitrogens is 5. The number of alkyl halides is 2. The molecule has 0 aliphatic heterocycles. The fraction of sp³-hybridized carbons (Fsp3) is 0.190. The Kier molecular flexibility index (Phi) is 5.07. The third-order valence-electron chi connectivity index (χ3n) is 4.59. The molecule has 0 amide bonds. The van der Waals surface area contributed by atoms with Crippen LogP contribution >= 0.6 is 0 Å². The van der Waals surface area contributed by atoms with E-state index in [9.17, 15) is 8.78 Å². The predicted molar refractivity (Wildman–Crippen MR) is 105 cm³/mol. The molecular weight excluding hydrogens is 376 g/mol. The van der Waals surface area contributed by atoms with Crippen LogP contribution in [-0.2, 0) is 6.54 Å². The van der Waals surface area contributed by atoms with Crippen LogP contribution in [-0.4, -0.2) is 31.7 Å². The van der Waals surface area contributed by atoms with Crippen molar-refractivity contribution in [1.82, 2.24) is 24.5 Å². The number of ether oxygens (including phenoxy) is 1. The maximum Gasteiger partial charge on any atom is 0.264 e. The second-order valence-corrected chi connectivity index (χ2v) is 6.29. The largest absolute Gasteiger partial charge is 0.497 e. The number of benzene rings is 2. The van der Waals surface area contributed by atoms with Crippen molar-refractivity contribution < 1.29 is 13.5 Å². The number of hydrogen-bond acceptors (Lipinski definition) is 4. The predicted octanol–water partition coefficient (Wildman–Crippen LogP) is 4.76. The lowest BCUT2D eigenvalue weighted by Crippen LogP contribution is -2.05. The number of rotatable bonds is 6. The quantitative estimate of drug-likeness (QED) is 0.472. The molecule has 4 rings (SSSR count). The van der Waals surface area contributed by atoms with Crippen molar-refractivity contribution in [3.8, 4) is 34.3 Å². The molecule has 148 valence electrons. The summed E-state index contributed by atoms with van der Waals surface area (Å²) in [6.07, 6.45) is -0.949. The Morgan fingerprint density at radius 2 is 1.90 bits per heavy atom. The van der Waals surface area contributed by atoms with E-state index in [-0.39, 0.29) is 11.4 Å². The number of nitrogens with zero attached hydrogens (tertiary/aromatic N) is 5. The lowest BCUT2D eigenvalue weighted by molar-refractivity contribution is 0.152. The molecule has 0 N–H and O–H groups in total. The van der Waals surface area contributed by atoms with E-state index < -0.39 is 6.43 Å². The molecule has 4 aromatic rings. The van der Waals surface area contributed by atoms with E-state index in [2.05, 4.69) is 15.2 Å². The monoisotopic (exact) mass is 395 g/mol. The molecule has 2 heterocycles. The molecule has 0 saturated carbocycles. The smallest absolute Gasteiger partial charge is 0.264 e. The molecule has 8 heteroatoms. The van der Waals surface area contributed by atoms with Gasteiger partial charge in [-0.3, -0.25) is 4.68 Å². The molecule has 0 radical (unpaired) electrons. The number of aryl methyl sites for hydroxylation is 1. The lowest BCUT2D eigenvalue weighted by atomic mass is 10.1. The Balaban J connectivity index is 1.95. The van der Waals surface area contributed by atoms with Crippen LogP contribution in [0.15, 0.2) is 60.8 Å². The molecule has 6 nitrogen and oxygen atoms in total. The van der Waals surface area contributed by atoms with Crippen LogP contribution in [0.2, 0.25) is 0 Å². The van der Waals surface area contributed by atoms with Gasteiger partial charge in [-0.25, -0.2) is 18.4 Å². The zero-order valence-electron chi connectivity index (χ0n) is 16.0. The van der Waals surface area contributed by atoms with E-state index >= 15 is 0 Å². The van der Waals surface area contributed by atoms with Crippen molar-refractivity contribution in [1.29, 1.82) is 0 Å². The van der Waals surface area contributed by atoms with Gasteiger partial charge in [-0.1, -0.05) is 30.3 Å². The molecule has 0 bridgehead atoms. The standard InChI is InChI=1S/C21H19F2N5O/c1-3-27-18(11-12-24-27)21-25-20(17-10-5-4-9-16(17)19(22)23)26-28(21)14-7-6-8-15(13-14)29-2/h4-13,19H,3H2,1-2H3. The van der Waals surface area contributed by atoms with Gasteiger partial charge in [0.25, 0.3) is 6.43 Å². The summed E-state index contributed by atoms with van der Waals surface area (Å²) in [5.74, 6) is 1.39. The van der Waals surface area contributed by atoms with E-state index in [0.717, 1.165) is 5.69 Å². The number of hydrogen-bond donors (Lipinski definition) is 0. The van der Waals surface area contributed by atoms with Crippen LogP contribution in [0.25, 0.3) is 28.6 Å². The number of methoxy groups -OCH3 is 1. The minimum absolute atomic E-state index is 0.106. The third-order valence-corrected chi connectivity index (χ3v) is 4.59. The summed E-state index contributed by atoms with van der Waals surface area (Å²) in [6, 6.07) is 15.4. The molecule has 0 unspecified atom stereocenters. The van der Waals surface area contributed by atoms with Crippen LogP contribution in [0, 0.1) is 0 Å². The Hall–Kier alpha value is -3.55. The molecule has 0 aliphatic rings. The number of halogens is 2. The fourth-order valence-electron chi connectivity index (χ4n) is 3.18. The average molecular weight is 395 g/mol. The van der Waals surface area contributed by atoms with Gasteiger partial charge < -0.3 is 4.74 Å². The van der Waals surface area contributed by atoms with Gasteiger partial charge in [0.1, 0.15) is 11.4 Å². The minimum Gasteiger partial charge on any atom is -0.497 e. The van der Waals surface area contributed by atoms with Gasteiger partial charge in [0, 0.05) is 29.9 Å². The van der Waals surface area contributed by atoms with E-state index in [1.807, 2.05) is 37.3 Å². The van der Waals surface area contributed by atoms with Crippen LogP contribution in [0.4, 0.5) is 8.78 Å². The molecule has 2 aromatic heterocycles. The highest BCUT2D eigenvalue weighted by Gasteiger charge is 2.22. The summed E-state index contributed by atoms with van der Waals surface area (Å²) in [5, 5.41) is 8.87. The molecule has 0 spiro atoms. The normalized spacial score (nSPS) is 11.2.